The molecule has 8 nitrogen and oxygen atoms in total. The van der Waals surface area contributed by atoms with E-state index in [9.17, 15) is 13.2 Å². The Morgan fingerprint density at radius 1 is 1.65 bits per heavy atom. The summed E-state index contributed by atoms with van der Waals surface area (Å²) in [6, 6.07) is -1.36. The van der Waals surface area contributed by atoms with Crippen LogP contribution in [0.15, 0.2) is 17.3 Å². The Labute approximate surface area is 97.9 Å². The van der Waals surface area contributed by atoms with Gasteiger partial charge in [-0.3, -0.25) is 9.48 Å². The lowest BCUT2D eigenvalue weighted by Gasteiger charge is -2.12. The molecule has 0 radical (unpaired) electrons. The molecule has 0 aliphatic heterocycles. The van der Waals surface area contributed by atoms with Gasteiger partial charge in [-0.2, -0.15) is 9.82 Å². The molecule has 1 aromatic heterocycles. The Hall–Kier alpha value is -1.45. The van der Waals surface area contributed by atoms with E-state index >= 15 is 0 Å². The number of aliphatic hydroxyl groups is 1. The van der Waals surface area contributed by atoms with E-state index in [4.69, 9.17) is 10.2 Å². The Balaban J connectivity index is 2.88. The number of carbonyl (C=O) groups is 1. The van der Waals surface area contributed by atoms with Crippen LogP contribution in [0.3, 0.4) is 0 Å². The number of sulfonamides is 1. The number of hydrogen-bond acceptors (Lipinski definition) is 5. The van der Waals surface area contributed by atoms with Crippen molar-refractivity contribution in [2.75, 3.05) is 6.61 Å². The number of aliphatic carboxylic acids is 1. The lowest BCUT2D eigenvalue weighted by Crippen LogP contribution is -2.41. The first-order valence-electron chi connectivity index (χ1n) is 4.71. The number of aryl methyl sites for hydroxylation is 1. The SMILES string of the molecule is Cn1cc(S(=O)(=O)NC(CCO)C(=O)O)cn1. The van der Waals surface area contributed by atoms with Gasteiger partial charge in [0.2, 0.25) is 10.0 Å². The first-order chi connectivity index (χ1) is 7.86. The number of aromatic nitrogens is 2. The zero-order valence-corrected chi connectivity index (χ0v) is 9.88. The summed E-state index contributed by atoms with van der Waals surface area (Å²) in [7, 11) is -2.39. The minimum Gasteiger partial charge on any atom is -0.480 e. The fourth-order valence-electron chi connectivity index (χ4n) is 1.15. The van der Waals surface area contributed by atoms with Crippen LogP contribution in [0.4, 0.5) is 0 Å². The third kappa shape index (κ3) is 3.51. The molecule has 0 bridgehead atoms. The van der Waals surface area contributed by atoms with E-state index in [0.717, 1.165) is 6.20 Å². The maximum Gasteiger partial charge on any atom is 0.321 e. The number of carboxylic acid groups (broad SMARTS) is 1. The lowest BCUT2D eigenvalue weighted by atomic mass is 10.2. The number of aliphatic hydroxyl groups excluding tert-OH is 1. The number of nitrogens with zero attached hydrogens (tertiary/aromatic N) is 2. The quantitative estimate of drug-likeness (QED) is 0.576. The first kappa shape index (κ1) is 13.6. The lowest BCUT2D eigenvalue weighted by molar-refractivity contribution is -0.139. The smallest absolute Gasteiger partial charge is 0.321 e. The van der Waals surface area contributed by atoms with Gasteiger partial charge in [0.15, 0.2) is 0 Å². The van der Waals surface area contributed by atoms with Gasteiger partial charge < -0.3 is 10.2 Å². The molecule has 17 heavy (non-hydrogen) atoms. The van der Waals surface area contributed by atoms with Gasteiger partial charge >= 0.3 is 5.97 Å². The van der Waals surface area contributed by atoms with Crippen molar-refractivity contribution in [1.82, 2.24) is 14.5 Å². The van der Waals surface area contributed by atoms with E-state index in [2.05, 4.69) is 5.10 Å². The van der Waals surface area contributed by atoms with E-state index < -0.39 is 28.6 Å². The summed E-state index contributed by atoms with van der Waals surface area (Å²) in [5.41, 5.74) is 0. The predicted molar refractivity (Wildman–Crippen MR) is 56.7 cm³/mol. The highest BCUT2D eigenvalue weighted by Gasteiger charge is 2.25. The van der Waals surface area contributed by atoms with Crippen LogP contribution >= 0.6 is 0 Å². The van der Waals surface area contributed by atoms with Crippen molar-refractivity contribution in [3.8, 4) is 0 Å². The van der Waals surface area contributed by atoms with Gasteiger partial charge in [0.05, 0.1) is 6.20 Å². The van der Waals surface area contributed by atoms with Crippen LogP contribution in [0.1, 0.15) is 6.42 Å². The van der Waals surface area contributed by atoms with Crippen molar-refractivity contribution in [3.05, 3.63) is 12.4 Å². The minimum absolute atomic E-state index is 0.121. The van der Waals surface area contributed by atoms with Gasteiger partial charge in [0, 0.05) is 19.9 Å². The molecule has 0 aliphatic carbocycles. The number of hydrogen-bond donors (Lipinski definition) is 3. The summed E-state index contributed by atoms with van der Waals surface area (Å²) in [5.74, 6) is -1.34. The summed E-state index contributed by atoms with van der Waals surface area (Å²) in [4.78, 5) is 10.6. The molecule has 0 spiro atoms. The number of rotatable bonds is 6. The molecule has 0 amide bonds. The Morgan fingerprint density at radius 3 is 2.71 bits per heavy atom. The van der Waals surface area contributed by atoms with Crippen LogP contribution in [0.25, 0.3) is 0 Å². The molecular weight excluding hydrogens is 250 g/mol. The van der Waals surface area contributed by atoms with Crippen LogP contribution in [0.5, 0.6) is 0 Å². The average molecular weight is 263 g/mol. The number of nitrogens with one attached hydrogen (secondary N) is 1. The van der Waals surface area contributed by atoms with Crippen molar-refractivity contribution in [3.63, 3.8) is 0 Å². The molecule has 1 heterocycles. The topological polar surface area (TPSA) is 122 Å². The van der Waals surface area contributed by atoms with Crippen molar-refractivity contribution in [1.29, 1.82) is 0 Å². The highest BCUT2D eigenvalue weighted by Crippen LogP contribution is 2.08. The molecule has 1 unspecified atom stereocenters. The van der Waals surface area contributed by atoms with Crippen molar-refractivity contribution in [2.45, 2.75) is 17.4 Å². The molecule has 3 N–H and O–H groups in total. The molecule has 0 fully saturated rings. The first-order valence-corrected chi connectivity index (χ1v) is 6.20. The van der Waals surface area contributed by atoms with Crippen molar-refractivity contribution < 1.29 is 23.4 Å². The molecule has 1 rings (SSSR count). The van der Waals surface area contributed by atoms with Crippen LogP contribution in [-0.4, -0.2) is 47.0 Å². The summed E-state index contributed by atoms with van der Waals surface area (Å²) >= 11 is 0. The van der Waals surface area contributed by atoms with E-state index in [0.29, 0.717) is 0 Å². The van der Waals surface area contributed by atoms with Crippen molar-refractivity contribution >= 4 is 16.0 Å². The highest BCUT2D eigenvalue weighted by atomic mass is 32.2. The monoisotopic (exact) mass is 263 g/mol. The highest BCUT2D eigenvalue weighted by molar-refractivity contribution is 7.89. The van der Waals surface area contributed by atoms with Crippen molar-refractivity contribution in [2.24, 2.45) is 7.05 Å². The normalized spacial score (nSPS) is 13.5. The third-order valence-electron chi connectivity index (χ3n) is 2.00. The maximum absolute atomic E-state index is 11.7. The second-order valence-corrected chi connectivity index (χ2v) is 5.09. The van der Waals surface area contributed by atoms with Gasteiger partial charge in [-0.25, -0.2) is 8.42 Å². The Kier molecular flexibility index (Phi) is 4.21. The maximum atomic E-state index is 11.7. The molecule has 96 valence electrons. The van der Waals surface area contributed by atoms with Crippen LogP contribution < -0.4 is 4.72 Å². The average Bonchev–Trinajstić information content (AvgIpc) is 2.64. The summed E-state index contributed by atoms with van der Waals surface area (Å²) in [5, 5.41) is 21.1. The number of carboxylic acids is 1. The van der Waals surface area contributed by atoms with E-state index in [1.807, 2.05) is 4.72 Å². The fourth-order valence-corrected chi connectivity index (χ4v) is 2.36. The third-order valence-corrected chi connectivity index (χ3v) is 3.43. The molecule has 0 saturated carbocycles. The Morgan fingerprint density at radius 2 is 2.29 bits per heavy atom. The van der Waals surface area contributed by atoms with Crippen LogP contribution in [0.2, 0.25) is 0 Å². The minimum atomic E-state index is -3.93. The molecule has 0 saturated heterocycles. The molecule has 0 aliphatic rings. The molecule has 9 heteroatoms. The van der Waals surface area contributed by atoms with Gasteiger partial charge in [-0.05, 0) is 6.42 Å². The fraction of sp³-hybridized carbons (Fsp3) is 0.500. The summed E-state index contributed by atoms with van der Waals surface area (Å²) < 4.78 is 26.7. The Bertz CT molecular complexity index is 495. The van der Waals surface area contributed by atoms with Crippen LogP contribution in [0, 0.1) is 0 Å². The summed E-state index contributed by atoms with van der Waals surface area (Å²) in [6.45, 7) is -0.424. The zero-order valence-electron chi connectivity index (χ0n) is 9.07. The molecular formula is C8H13N3O5S. The summed E-state index contributed by atoms with van der Waals surface area (Å²) in [6.07, 6.45) is 2.16. The molecule has 1 aromatic rings. The van der Waals surface area contributed by atoms with Gasteiger partial charge in [0.25, 0.3) is 0 Å². The standard InChI is InChI=1S/C8H13N3O5S/c1-11-5-6(4-9-11)17(15,16)10-7(2-3-12)8(13)14/h4-5,7,10,12H,2-3H2,1H3,(H,13,14). The van der Waals surface area contributed by atoms with E-state index in [1.165, 1.54) is 10.9 Å². The van der Waals surface area contributed by atoms with Gasteiger partial charge in [-0.1, -0.05) is 0 Å². The van der Waals surface area contributed by atoms with Crippen LogP contribution in [-0.2, 0) is 21.9 Å². The largest absolute Gasteiger partial charge is 0.480 e. The molecule has 0 aromatic carbocycles. The van der Waals surface area contributed by atoms with Gasteiger partial charge in [0.1, 0.15) is 10.9 Å². The second-order valence-electron chi connectivity index (χ2n) is 3.37. The second kappa shape index (κ2) is 5.25. The predicted octanol–water partition coefficient (Wildman–Crippen LogP) is -1.47. The zero-order chi connectivity index (χ0) is 13.1. The van der Waals surface area contributed by atoms with E-state index in [1.54, 1.807) is 7.05 Å². The van der Waals surface area contributed by atoms with Gasteiger partial charge in [-0.15, -0.1) is 0 Å². The van der Waals surface area contributed by atoms with E-state index in [-0.39, 0.29) is 11.3 Å². The molecule has 1 atom stereocenters.